The highest BCUT2D eigenvalue weighted by atomic mass is 32.1. The molecular weight excluding hydrogens is 262 g/mol. The summed E-state index contributed by atoms with van der Waals surface area (Å²) in [5, 5.41) is 2.94. The third-order valence-electron chi connectivity index (χ3n) is 3.84. The van der Waals surface area contributed by atoms with E-state index in [0.717, 1.165) is 23.5 Å². The quantitative estimate of drug-likeness (QED) is 0.797. The number of rotatable bonds is 4. The van der Waals surface area contributed by atoms with E-state index in [9.17, 15) is 4.79 Å². The van der Waals surface area contributed by atoms with E-state index in [1.165, 1.54) is 20.0 Å². The Hall–Kier alpha value is -0.940. The van der Waals surface area contributed by atoms with Gasteiger partial charge in [-0.15, -0.1) is 11.3 Å². The van der Waals surface area contributed by atoms with Crippen LogP contribution in [0.4, 0.5) is 0 Å². The Morgan fingerprint density at radius 1 is 1.58 bits per heavy atom. The van der Waals surface area contributed by atoms with Crippen molar-refractivity contribution in [1.82, 2.24) is 4.98 Å². The minimum absolute atomic E-state index is 0.238. The van der Waals surface area contributed by atoms with Crippen LogP contribution in [0.25, 0.3) is 0 Å². The van der Waals surface area contributed by atoms with E-state index in [1.54, 1.807) is 18.4 Å². The fourth-order valence-corrected chi connectivity index (χ4v) is 3.82. The van der Waals surface area contributed by atoms with Crippen molar-refractivity contribution in [2.24, 2.45) is 5.92 Å². The second-order valence-corrected chi connectivity index (χ2v) is 6.15. The third kappa shape index (κ3) is 3.15. The van der Waals surface area contributed by atoms with Gasteiger partial charge in [0.2, 0.25) is 0 Å². The van der Waals surface area contributed by atoms with Crippen LogP contribution in [0.3, 0.4) is 0 Å². The van der Waals surface area contributed by atoms with E-state index in [0.29, 0.717) is 5.92 Å². The predicted octanol–water partition coefficient (Wildman–Crippen LogP) is 2.91. The highest BCUT2D eigenvalue weighted by Crippen LogP contribution is 2.43. The van der Waals surface area contributed by atoms with Gasteiger partial charge in [-0.2, -0.15) is 0 Å². The van der Waals surface area contributed by atoms with Crippen LogP contribution in [0.5, 0.6) is 0 Å². The molecule has 5 heteroatoms. The number of thiazole rings is 1. The van der Waals surface area contributed by atoms with Crippen molar-refractivity contribution >= 4 is 17.3 Å². The van der Waals surface area contributed by atoms with Gasteiger partial charge in [0.05, 0.1) is 19.2 Å². The van der Waals surface area contributed by atoms with Crippen molar-refractivity contribution < 1.29 is 14.3 Å². The molecule has 106 valence electrons. The van der Waals surface area contributed by atoms with Crippen LogP contribution in [0.1, 0.15) is 43.3 Å². The standard InChI is InChI=1S/C14H21NO3S/c1-10-5-4-6-14(8-10,18-3)13-15-11(9-19-13)7-12(16)17-2/h9-10H,4-8H2,1-3H3. The second-order valence-electron chi connectivity index (χ2n) is 5.30. The molecule has 0 bridgehead atoms. The van der Waals surface area contributed by atoms with Crippen molar-refractivity contribution in [3.05, 3.63) is 16.1 Å². The molecule has 0 amide bonds. The lowest BCUT2D eigenvalue weighted by atomic mass is 9.79. The van der Waals surface area contributed by atoms with Crippen LogP contribution in [-0.2, 0) is 26.3 Å². The van der Waals surface area contributed by atoms with Crippen LogP contribution < -0.4 is 0 Å². The van der Waals surface area contributed by atoms with Crippen LogP contribution in [0.2, 0.25) is 0 Å². The minimum atomic E-state index is -0.253. The first-order valence-corrected chi connectivity index (χ1v) is 7.54. The highest BCUT2D eigenvalue weighted by molar-refractivity contribution is 7.09. The summed E-state index contributed by atoms with van der Waals surface area (Å²) < 4.78 is 10.5. The molecule has 0 aliphatic heterocycles. The molecule has 0 radical (unpaired) electrons. The summed E-state index contributed by atoms with van der Waals surface area (Å²) in [6.45, 7) is 2.26. The molecule has 2 rings (SSSR count). The fourth-order valence-electron chi connectivity index (χ4n) is 2.79. The number of methoxy groups -OCH3 is 2. The highest BCUT2D eigenvalue weighted by Gasteiger charge is 2.39. The van der Waals surface area contributed by atoms with E-state index in [4.69, 9.17) is 4.74 Å². The summed E-state index contributed by atoms with van der Waals surface area (Å²) in [4.78, 5) is 15.9. The van der Waals surface area contributed by atoms with Gasteiger partial charge in [0, 0.05) is 12.5 Å². The van der Waals surface area contributed by atoms with Crippen molar-refractivity contribution in [3.63, 3.8) is 0 Å². The van der Waals surface area contributed by atoms with Crippen molar-refractivity contribution in [2.45, 2.75) is 44.6 Å². The van der Waals surface area contributed by atoms with Crippen molar-refractivity contribution in [1.29, 1.82) is 0 Å². The van der Waals surface area contributed by atoms with Gasteiger partial charge >= 0.3 is 5.97 Å². The maximum absolute atomic E-state index is 11.3. The van der Waals surface area contributed by atoms with E-state index >= 15 is 0 Å². The summed E-state index contributed by atoms with van der Waals surface area (Å²) in [6, 6.07) is 0. The van der Waals surface area contributed by atoms with Crippen LogP contribution in [-0.4, -0.2) is 25.2 Å². The molecule has 0 aromatic carbocycles. The normalized spacial score (nSPS) is 27.2. The SMILES string of the molecule is COC(=O)Cc1csc(C2(OC)CCCC(C)C2)n1. The zero-order valence-electron chi connectivity index (χ0n) is 11.8. The second kappa shape index (κ2) is 6.01. The fraction of sp³-hybridized carbons (Fsp3) is 0.714. The molecule has 0 saturated heterocycles. The van der Waals surface area contributed by atoms with Crippen molar-refractivity contribution in [3.8, 4) is 0 Å². The Kier molecular flexibility index (Phi) is 4.58. The number of nitrogens with zero attached hydrogens (tertiary/aromatic N) is 1. The average Bonchev–Trinajstić information content (AvgIpc) is 2.87. The average molecular weight is 283 g/mol. The topological polar surface area (TPSA) is 48.4 Å². The summed E-state index contributed by atoms with van der Waals surface area (Å²) in [7, 11) is 3.16. The number of esters is 1. The van der Waals surface area contributed by atoms with Gasteiger partial charge in [-0.25, -0.2) is 4.98 Å². The molecule has 1 aromatic heterocycles. The van der Waals surface area contributed by atoms with E-state index < -0.39 is 0 Å². The lowest BCUT2D eigenvalue weighted by molar-refractivity contribution is -0.139. The molecule has 1 aromatic rings. The van der Waals surface area contributed by atoms with Crippen molar-refractivity contribution in [2.75, 3.05) is 14.2 Å². The molecule has 19 heavy (non-hydrogen) atoms. The summed E-state index contributed by atoms with van der Waals surface area (Å²) in [5.74, 6) is 0.405. The number of aromatic nitrogens is 1. The van der Waals surface area contributed by atoms with Gasteiger partial charge in [-0.3, -0.25) is 4.79 Å². The monoisotopic (exact) mass is 283 g/mol. The maximum Gasteiger partial charge on any atom is 0.311 e. The predicted molar refractivity (Wildman–Crippen MR) is 74.2 cm³/mol. The van der Waals surface area contributed by atoms with E-state index in [-0.39, 0.29) is 18.0 Å². The molecular formula is C14H21NO3S. The summed E-state index contributed by atoms with van der Waals surface area (Å²) in [5.41, 5.74) is 0.526. The molecule has 1 saturated carbocycles. The number of hydrogen-bond acceptors (Lipinski definition) is 5. The molecule has 4 nitrogen and oxygen atoms in total. The van der Waals surface area contributed by atoms with Gasteiger partial charge in [0.1, 0.15) is 10.6 Å². The Labute approximate surface area is 118 Å². The van der Waals surface area contributed by atoms with Crippen LogP contribution >= 0.6 is 11.3 Å². The van der Waals surface area contributed by atoms with Gasteiger partial charge in [0.15, 0.2) is 0 Å². The van der Waals surface area contributed by atoms with Gasteiger partial charge in [0.25, 0.3) is 0 Å². The van der Waals surface area contributed by atoms with Gasteiger partial charge in [-0.1, -0.05) is 13.3 Å². The van der Waals surface area contributed by atoms with Crippen LogP contribution in [0, 0.1) is 5.92 Å². The molecule has 0 spiro atoms. The molecule has 2 atom stereocenters. The molecule has 1 heterocycles. The molecule has 2 unspecified atom stereocenters. The van der Waals surface area contributed by atoms with Gasteiger partial charge < -0.3 is 9.47 Å². The Balaban J connectivity index is 2.17. The summed E-state index contributed by atoms with van der Waals surface area (Å²) in [6.07, 6.45) is 4.68. The minimum Gasteiger partial charge on any atom is -0.469 e. The Morgan fingerprint density at radius 3 is 3.00 bits per heavy atom. The number of hydrogen-bond donors (Lipinski definition) is 0. The molecule has 1 fully saturated rings. The summed E-state index contributed by atoms with van der Waals surface area (Å²) >= 11 is 1.59. The van der Waals surface area contributed by atoms with Crippen LogP contribution in [0.15, 0.2) is 5.38 Å². The smallest absolute Gasteiger partial charge is 0.311 e. The largest absolute Gasteiger partial charge is 0.469 e. The zero-order valence-corrected chi connectivity index (χ0v) is 12.6. The lowest BCUT2D eigenvalue weighted by Crippen LogP contribution is -2.34. The molecule has 1 aliphatic rings. The zero-order chi connectivity index (χ0) is 13.9. The Bertz CT molecular complexity index is 446. The third-order valence-corrected chi connectivity index (χ3v) is 4.92. The van der Waals surface area contributed by atoms with E-state index in [1.807, 2.05) is 5.38 Å². The number of carbonyl (C=O) groups is 1. The first kappa shape index (κ1) is 14.5. The first-order chi connectivity index (χ1) is 9.09. The van der Waals surface area contributed by atoms with E-state index in [2.05, 4.69) is 16.6 Å². The maximum atomic E-state index is 11.3. The van der Waals surface area contributed by atoms with Gasteiger partial charge in [-0.05, 0) is 25.2 Å². The first-order valence-electron chi connectivity index (χ1n) is 6.66. The number of ether oxygens (including phenoxy) is 2. The number of carbonyl (C=O) groups excluding carboxylic acids is 1. The molecule has 0 N–H and O–H groups in total. The Morgan fingerprint density at radius 2 is 2.37 bits per heavy atom. The molecule has 1 aliphatic carbocycles. The lowest BCUT2D eigenvalue weighted by Gasteiger charge is -2.37.